The number of anilines is 1. The Morgan fingerprint density at radius 3 is 2.42 bits per heavy atom. The van der Waals surface area contributed by atoms with Crippen LogP contribution in [0.5, 0.6) is 5.75 Å². The topological polar surface area (TPSA) is 49.3 Å². The number of phenolic OH excluding ortho intramolecular Hbond substituents is 1. The third-order valence-corrected chi connectivity index (χ3v) is 4.01. The molecule has 1 aromatic rings. The summed E-state index contributed by atoms with van der Waals surface area (Å²) in [5.74, 6) is 0.152. The number of hydrogen-bond acceptors (Lipinski definition) is 2. The van der Waals surface area contributed by atoms with E-state index in [1.807, 2.05) is 0 Å². The van der Waals surface area contributed by atoms with Crippen LogP contribution in [0.3, 0.4) is 0 Å². The minimum absolute atomic E-state index is 0.00265. The molecule has 0 unspecified atom stereocenters. The van der Waals surface area contributed by atoms with E-state index in [1.165, 1.54) is 25.3 Å². The molecule has 1 saturated carbocycles. The molecule has 0 spiro atoms. The minimum atomic E-state index is -0.00265. The van der Waals surface area contributed by atoms with Crippen LogP contribution in [0.25, 0.3) is 0 Å². The number of phenols is 1. The minimum Gasteiger partial charge on any atom is -0.506 e. The number of carbonyl (C=O) groups is 1. The van der Waals surface area contributed by atoms with E-state index in [2.05, 4.69) is 5.32 Å². The fourth-order valence-electron chi connectivity index (χ4n) is 2.55. The van der Waals surface area contributed by atoms with Crippen LogP contribution < -0.4 is 5.32 Å². The first-order valence-corrected chi connectivity index (χ1v) is 7.34. The molecule has 0 bridgehead atoms. The van der Waals surface area contributed by atoms with E-state index in [0.29, 0.717) is 10.7 Å². The molecule has 0 heterocycles. The van der Waals surface area contributed by atoms with Gasteiger partial charge in [0.15, 0.2) is 0 Å². The van der Waals surface area contributed by atoms with Gasteiger partial charge >= 0.3 is 0 Å². The molecule has 3 nitrogen and oxygen atoms in total. The van der Waals surface area contributed by atoms with E-state index < -0.39 is 0 Å². The maximum absolute atomic E-state index is 12.2. The highest BCUT2D eigenvalue weighted by Gasteiger charge is 2.19. The van der Waals surface area contributed by atoms with Crippen LogP contribution in [-0.4, -0.2) is 11.0 Å². The van der Waals surface area contributed by atoms with Gasteiger partial charge in [0.2, 0.25) is 5.91 Å². The summed E-state index contributed by atoms with van der Waals surface area (Å²) in [6.07, 6.45) is 7.93. The molecule has 104 valence electrons. The zero-order chi connectivity index (χ0) is 13.7. The van der Waals surface area contributed by atoms with E-state index in [-0.39, 0.29) is 17.6 Å². The fraction of sp³-hybridized carbons (Fsp3) is 0.533. The molecule has 0 saturated heterocycles. The maximum Gasteiger partial charge on any atom is 0.227 e. The average Bonchev–Trinajstić information content (AvgIpc) is 2.33. The molecule has 1 aliphatic carbocycles. The molecule has 0 aromatic heterocycles. The third kappa shape index (κ3) is 4.13. The second-order valence-electron chi connectivity index (χ2n) is 5.20. The van der Waals surface area contributed by atoms with E-state index >= 15 is 0 Å². The Morgan fingerprint density at radius 1 is 1.16 bits per heavy atom. The lowest BCUT2D eigenvalue weighted by Gasteiger charge is -2.19. The summed E-state index contributed by atoms with van der Waals surface area (Å²) in [6.45, 7) is 0. The van der Waals surface area contributed by atoms with Gasteiger partial charge in [-0.2, -0.15) is 0 Å². The van der Waals surface area contributed by atoms with Gasteiger partial charge in [-0.15, -0.1) is 0 Å². The first kappa shape index (κ1) is 14.2. The molecule has 0 radical (unpaired) electrons. The van der Waals surface area contributed by atoms with Crippen molar-refractivity contribution in [3.05, 3.63) is 23.2 Å². The Balaban J connectivity index is 1.96. The molecule has 19 heavy (non-hydrogen) atoms. The molecule has 0 aliphatic heterocycles. The predicted octanol–water partition coefficient (Wildman–Crippen LogP) is 4.34. The molecule has 1 aromatic carbocycles. The fourth-order valence-corrected chi connectivity index (χ4v) is 2.67. The van der Waals surface area contributed by atoms with Crippen LogP contribution in [-0.2, 0) is 4.79 Å². The number of rotatable bonds is 2. The second-order valence-corrected chi connectivity index (χ2v) is 5.60. The second kappa shape index (κ2) is 6.80. The Bertz CT molecular complexity index is 440. The van der Waals surface area contributed by atoms with E-state index in [4.69, 9.17) is 11.6 Å². The largest absolute Gasteiger partial charge is 0.506 e. The zero-order valence-corrected chi connectivity index (χ0v) is 11.7. The van der Waals surface area contributed by atoms with Crippen LogP contribution in [0.15, 0.2) is 18.2 Å². The smallest absolute Gasteiger partial charge is 0.227 e. The normalized spacial score (nSPS) is 17.5. The highest BCUT2D eigenvalue weighted by Crippen LogP contribution is 2.28. The lowest BCUT2D eigenvalue weighted by atomic mass is 9.90. The SMILES string of the molecule is O=C(Nc1ccc(Cl)c(O)c1)C1CCCCCCC1. The van der Waals surface area contributed by atoms with Gasteiger partial charge in [-0.25, -0.2) is 0 Å². The van der Waals surface area contributed by atoms with Crippen molar-refractivity contribution in [3.8, 4) is 5.75 Å². The Labute approximate surface area is 119 Å². The molecular weight excluding hydrogens is 262 g/mol. The number of carbonyl (C=O) groups excluding carboxylic acids is 1. The van der Waals surface area contributed by atoms with Crippen molar-refractivity contribution in [1.29, 1.82) is 0 Å². The van der Waals surface area contributed by atoms with Crippen molar-refractivity contribution >= 4 is 23.2 Å². The Hall–Kier alpha value is -1.22. The van der Waals surface area contributed by atoms with Crippen LogP contribution >= 0.6 is 11.6 Å². The molecule has 2 rings (SSSR count). The third-order valence-electron chi connectivity index (χ3n) is 3.69. The van der Waals surface area contributed by atoms with Crippen LogP contribution in [0.1, 0.15) is 44.9 Å². The monoisotopic (exact) mass is 281 g/mol. The molecule has 4 heteroatoms. The van der Waals surface area contributed by atoms with Crippen molar-refractivity contribution in [1.82, 2.24) is 0 Å². The molecular formula is C15H20ClNO2. The highest BCUT2D eigenvalue weighted by molar-refractivity contribution is 6.32. The summed E-state index contributed by atoms with van der Waals surface area (Å²) in [6, 6.07) is 4.79. The predicted molar refractivity (Wildman–Crippen MR) is 77.6 cm³/mol. The van der Waals surface area contributed by atoms with Gasteiger partial charge < -0.3 is 10.4 Å². The number of halogens is 1. The van der Waals surface area contributed by atoms with E-state index in [9.17, 15) is 9.90 Å². The number of aromatic hydroxyl groups is 1. The van der Waals surface area contributed by atoms with Crippen molar-refractivity contribution in [2.24, 2.45) is 5.92 Å². The first-order valence-electron chi connectivity index (χ1n) is 6.96. The summed E-state index contributed by atoms with van der Waals surface area (Å²) in [7, 11) is 0. The van der Waals surface area contributed by atoms with Crippen molar-refractivity contribution in [3.63, 3.8) is 0 Å². The van der Waals surface area contributed by atoms with Crippen LogP contribution in [0.2, 0.25) is 5.02 Å². The molecule has 1 amide bonds. The Kier molecular flexibility index (Phi) is 5.08. The first-order chi connectivity index (χ1) is 9.16. The van der Waals surface area contributed by atoms with Crippen LogP contribution in [0.4, 0.5) is 5.69 Å². The van der Waals surface area contributed by atoms with Crippen molar-refractivity contribution in [2.75, 3.05) is 5.32 Å². The number of nitrogens with one attached hydrogen (secondary N) is 1. The van der Waals surface area contributed by atoms with Gasteiger partial charge in [0.05, 0.1) is 5.02 Å². The Morgan fingerprint density at radius 2 is 1.79 bits per heavy atom. The van der Waals surface area contributed by atoms with Gasteiger partial charge in [0, 0.05) is 17.7 Å². The highest BCUT2D eigenvalue weighted by atomic mass is 35.5. The molecule has 1 aliphatic rings. The number of amides is 1. The molecule has 0 atom stereocenters. The standard InChI is InChI=1S/C15H20ClNO2/c16-13-9-8-12(10-14(13)18)17-15(19)11-6-4-2-1-3-5-7-11/h8-11,18H,1-7H2,(H,17,19). The van der Waals surface area contributed by atoms with Gasteiger partial charge in [0.25, 0.3) is 0 Å². The van der Waals surface area contributed by atoms with Gasteiger partial charge in [-0.05, 0) is 25.0 Å². The zero-order valence-electron chi connectivity index (χ0n) is 11.0. The number of hydrogen-bond donors (Lipinski definition) is 2. The lowest BCUT2D eigenvalue weighted by molar-refractivity contribution is -0.120. The quantitative estimate of drug-likeness (QED) is 0.847. The summed E-state index contributed by atoms with van der Waals surface area (Å²) in [5, 5.41) is 12.7. The molecule has 1 fully saturated rings. The summed E-state index contributed by atoms with van der Waals surface area (Å²) in [5.41, 5.74) is 0.606. The van der Waals surface area contributed by atoms with E-state index in [0.717, 1.165) is 25.7 Å². The van der Waals surface area contributed by atoms with Crippen LogP contribution in [0, 0.1) is 5.92 Å². The molecule has 2 N–H and O–H groups in total. The van der Waals surface area contributed by atoms with Gasteiger partial charge in [-0.1, -0.05) is 43.7 Å². The summed E-state index contributed by atoms with van der Waals surface area (Å²) >= 11 is 5.74. The van der Waals surface area contributed by atoms with Gasteiger partial charge in [-0.3, -0.25) is 4.79 Å². The number of benzene rings is 1. The van der Waals surface area contributed by atoms with Gasteiger partial charge in [0.1, 0.15) is 5.75 Å². The summed E-state index contributed by atoms with van der Waals surface area (Å²) in [4.78, 5) is 12.2. The van der Waals surface area contributed by atoms with Crippen molar-refractivity contribution in [2.45, 2.75) is 44.9 Å². The maximum atomic E-state index is 12.2. The summed E-state index contributed by atoms with van der Waals surface area (Å²) < 4.78 is 0. The van der Waals surface area contributed by atoms with Crippen molar-refractivity contribution < 1.29 is 9.90 Å². The van der Waals surface area contributed by atoms with E-state index in [1.54, 1.807) is 12.1 Å². The lowest BCUT2D eigenvalue weighted by Crippen LogP contribution is -2.23. The average molecular weight is 282 g/mol.